The van der Waals surface area contributed by atoms with E-state index in [0.717, 1.165) is 19.0 Å². The number of hydrogen-bond acceptors (Lipinski definition) is 2. The van der Waals surface area contributed by atoms with Gasteiger partial charge in [-0.2, -0.15) is 0 Å². The Hall–Kier alpha value is -0.540. The number of halogens is 1. The molecule has 2 nitrogen and oxygen atoms in total. The zero-order valence-corrected chi connectivity index (χ0v) is 12.2. The van der Waals surface area contributed by atoms with Gasteiger partial charge in [-0.3, -0.25) is 0 Å². The summed E-state index contributed by atoms with van der Waals surface area (Å²) in [7, 11) is 0. The molecule has 2 N–H and O–H groups in total. The zero-order chi connectivity index (χ0) is 12.3. The van der Waals surface area contributed by atoms with Gasteiger partial charge < -0.3 is 10.6 Å². The van der Waals surface area contributed by atoms with Crippen molar-refractivity contribution in [1.29, 1.82) is 0 Å². The van der Waals surface area contributed by atoms with E-state index < -0.39 is 0 Å². The molecule has 0 bridgehead atoms. The normalized spacial score (nSPS) is 19.0. The van der Waals surface area contributed by atoms with Crippen molar-refractivity contribution in [1.82, 2.24) is 5.32 Å². The lowest BCUT2D eigenvalue weighted by molar-refractivity contribution is 0.343. The summed E-state index contributed by atoms with van der Waals surface area (Å²) in [5.41, 5.74) is 2.50. The smallest absolute Gasteiger partial charge is 0.0353 e. The van der Waals surface area contributed by atoms with Gasteiger partial charge in [-0.1, -0.05) is 22.0 Å². The van der Waals surface area contributed by atoms with Crippen LogP contribution in [0.5, 0.6) is 0 Å². The number of piperidine rings is 1. The highest BCUT2D eigenvalue weighted by molar-refractivity contribution is 9.10. The summed E-state index contributed by atoms with van der Waals surface area (Å²) in [6.07, 6.45) is 2.56. The Bertz CT molecular complexity index is 372. The Morgan fingerprint density at radius 2 is 2.06 bits per heavy atom. The molecule has 1 unspecified atom stereocenters. The number of rotatable bonds is 3. The third-order valence-corrected chi connectivity index (χ3v) is 4.51. The van der Waals surface area contributed by atoms with E-state index in [1.807, 2.05) is 0 Å². The van der Waals surface area contributed by atoms with E-state index in [9.17, 15) is 0 Å². The Labute approximate surface area is 112 Å². The molecule has 0 spiro atoms. The summed E-state index contributed by atoms with van der Waals surface area (Å²) in [5, 5.41) is 7.04. The van der Waals surface area contributed by atoms with Gasteiger partial charge in [-0.15, -0.1) is 0 Å². The molecule has 0 aromatic heterocycles. The van der Waals surface area contributed by atoms with Gasteiger partial charge in [0.2, 0.25) is 0 Å². The van der Waals surface area contributed by atoms with Crippen molar-refractivity contribution in [2.75, 3.05) is 18.4 Å². The maximum atomic E-state index is 3.62. The number of anilines is 1. The minimum Gasteiger partial charge on any atom is -0.382 e. The molecule has 0 radical (unpaired) electrons. The van der Waals surface area contributed by atoms with Crippen molar-refractivity contribution in [2.24, 2.45) is 5.92 Å². The molecule has 3 heteroatoms. The van der Waals surface area contributed by atoms with E-state index in [4.69, 9.17) is 0 Å². The van der Waals surface area contributed by atoms with Gasteiger partial charge in [-0.25, -0.2) is 0 Å². The maximum Gasteiger partial charge on any atom is 0.0353 e. The second-order valence-corrected chi connectivity index (χ2v) is 5.84. The molecule has 1 saturated heterocycles. The van der Waals surface area contributed by atoms with Crippen LogP contribution >= 0.6 is 15.9 Å². The number of benzene rings is 1. The van der Waals surface area contributed by atoms with E-state index in [1.165, 1.54) is 28.6 Å². The Morgan fingerprint density at radius 1 is 1.35 bits per heavy atom. The minimum absolute atomic E-state index is 0.548. The highest BCUT2D eigenvalue weighted by Crippen LogP contribution is 2.24. The molecule has 1 fully saturated rings. The third-order valence-electron chi connectivity index (χ3n) is 3.66. The fraction of sp³-hybridized carbons (Fsp3) is 0.571. The molecule has 0 saturated carbocycles. The van der Waals surface area contributed by atoms with Gasteiger partial charge in [0.1, 0.15) is 0 Å². The van der Waals surface area contributed by atoms with Crippen molar-refractivity contribution < 1.29 is 0 Å². The monoisotopic (exact) mass is 296 g/mol. The van der Waals surface area contributed by atoms with E-state index in [1.54, 1.807) is 0 Å². The van der Waals surface area contributed by atoms with Crippen molar-refractivity contribution in [3.8, 4) is 0 Å². The fourth-order valence-corrected chi connectivity index (χ4v) is 2.79. The first-order valence-corrected chi connectivity index (χ1v) is 7.19. The summed E-state index contributed by atoms with van der Waals surface area (Å²) in [4.78, 5) is 0. The molecule has 1 heterocycles. The molecule has 1 aromatic carbocycles. The van der Waals surface area contributed by atoms with Crippen LogP contribution in [0.3, 0.4) is 0 Å². The quantitative estimate of drug-likeness (QED) is 0.891. The van der Waals surface area contributed by atoms with E-state index in [0.29, 0.717) is 6.04 Å². The largest absolute Gasteiger partial charge is 0.382 e. The van der Waals surface area contributed by atoms with Crippen LogP contribution in [0.4, 0.5) is 5.69 Å². The third kappa shape index (κ3) is 3.46. The van der Waals surface area contributed by atoms with Crippen LogP contribution in [0.2, 0.25) is 0 Å². The number of aryl methyl sites for hydroxylation is 1. The zero-order valence-electron chi connectivity index (χ0n) is 10.6. The van der Waals surface area contributed by atoms with Gasteiger partial charge in [-0.05, 0) is 63.4 Å². The van der Waals surface area contributed by atoms with Crippen LogP contribution in [-0.4, -0.2) is 19.1 Å². The van der Waals surface area contributed by atoms with Crippen LogP contribution < -0.4 is 10.6 Å². The Balaban J connectivity index is 1.96. The van der Waals surface area contributed by atoms with Crippen LogP contribution in [-0.2, 0) is 0 Å². The van der Waals surface area contributed by atoms with E-state index in [-0.39, 0.29) is 0 Å². The topological polar surface area (TPSA) is 24.1 Å². The molecule has 2 rings (SSSR count). The highest BCUT2D eigenvalue weighted by Gasteiger charge is 2.19. The van der Waals surface area contributed by atoms with Crippen LogP contribution in [0.25, 0.3) is 0 Å². The van der Waals surface area contributed by atoms with Crippen LogP contribution in [0.15, 0.2) is 22.7 Å². The van der Waals surface area contributed by atoms with Gasteiger partial charge in [0.25, 0.3) is 0 Å². The summed E-state index contributed by atoms with van der Waals surface area (Å²) < 4.78 is 1.18. The molecule has 1 aromatic rings. The second kappa shape index (κ2) is 5.87. The van der Waals surface area contributed by atoms with Crippen molar-refractivity contribution >= 4 is 21.6 Å². The summed E-state index contributed by atoms with van der Waals surface area (Å²) >= 11 is 3.58. The molecular weight excluding hydrogens is 276 g/mol. The lowest BCUT2D eigenvalue weighted by Crippen LogP contribution is -2.36. The molecule has 1 aliphatic heterocycles. The lowest BCUT2D eigenvalue weighted by Gasteiger charge is -2.29. The van der Waals surface area contributed by atoms with E-state index >= 15 is 0 Å². The predicted octanol–water partition coefficient (Wildman–Crippen LogP) is 3.56. The van der Waals surface area contributed by atoms with Crippen LogP contribution in [0, 0.1) is 12.8 Å². The summed E-state index contributed by atoms with van der Waals surface area (Å²) in [6.45, 7) is 6.73. The SMILES string of the molecule is Cc1ccc(NC(C)C2CCNCC2)cc1Br. The Kier molecular flexibility index (Phi) is 4.46. The minimum atomic E-state index is 0.548. The average molecular weight is 297 g/mol. The molecule has 1 aliphatic rings. The average Bonchev–Trinajstić information content (AvgIpc) is 2.35. The molecule has 17 heavy (non-hydrogen) atoms. The molecule has 0 aliphatic carbocycles. The first kappa shape index (κ1) is 12.9. The fourth-order valence-electron chi connectivity index (χ4n) is 2.41. The van der Waals surface area contributed by atoms with Crippen molar-refractivity contribution in [3.63, 3.8) is 0 Å². The molecule has 0 amide bonds. The molecule has 94 valence electrons. The summed E-state index contributed by atoms with van der Waals surface area (Å²) in [5.74, 6) is 0.788. The Morgan fingerprint density at radius 3 is 2.71 bits per heavy atom. The molecule has 1 atom stereocenters. The van der Waals surface area contributed by atoms with Gasteiger partial charge >= 0.3 is 0 Å². The lowest BCUT2D eigenvalue weighted by atomic mass is 9.91. The standard InChI is InChI=1S/C14H21BrN2/c1-10-3-4-13(9-14(10)15)17-11(2)12-5-7-16-8-6-12/h3-4,9,11-12,16-17H,5-8H2,1-2H3. The van der Waals surface area contributed by atoms with Crippen molar-refractivity contribution in [3.05, 3.63) is 28.2 Å². The first-order chi connectivity index (χ1) is 8.16. The van der Waals surface area contributed by atoms with Crippen molar-refractivity contribution in [2.45, 2.75) is 32.7 Å². The van der Waals surface area contributed by atoms with Gasteiger partial charge in [0.15, 0.2) is 0 Å². The van der Waals surface area contributed by atoms with Crippen LogP contribution in [0.1, 0.15) is 25.3 Å². The summed E-state index contributed by atoms with van der Waals surface area (Å²) in [6, 6.07) is 7.04. The second-order valence-electron chi connectivity index (χ2n) is 4.98. The number of hydrogen-bond donors (Lipinski definition) is 2. The van der Waals surface area contributed by atoms with E-state index in [2.05, 4.69) is 58.6 Å². The first-order valence-electron chi connectivity index (χ1n) is 6.40. The predicted molar refractivity (Wildman–Crippen MR) is 77.6 cm³/mol. The number of nitrogens with one attached hydrogen (secondary N) is 2. The highest BCUT2D eigenvalue weighted by atomic mass is 79.9. The van der Waals surface area contributed by atoms with Gasteiger partial charge in [0, 0.05) is 16.2 Å². The van der Waals surface area contributed by atoms with Gasteiger partial charge in [0.05, 0.1) is 0 Å². The maximum absolute atomic E-state index is 3.62. The molecular formula is C14H21BrN2.